The molecule has 2 fully saturated rings. The Bertz CT molecular complexity index is 524. The Morgan fingerprint density at radius 3 is 2.44 bits per heavy atom. The Hall–Kier alpha value is -2.10. The molecule has 1 saturated heterocycles. The van der Waals surface area contributed by atoms with E-state index in [1.165, 1.54) is 0 Å². The van der Waals surface area contributed by atoms with Gasteiger partial charge < -0.3 is 10.4 Å². The Kier molecular flexibility index (Phi) is 2.37. The van der Waals surface area contributed by atoms with E-state index in [0.29, 0.717) is 6.42 Å². The molecule has 2 aliphatic rings. The summed E-state index contributed by atoms with van der Waals surface area (Å²) >= 11 is 0. The molecule has 1 aliphatic heterocycles. The average molecular weight is 244 g/mol. The zero-order chi connectivity index (χ0) is 13.6. The second kappa shape index (κ2) is 3.45. The van der Waals surface area contributed by atoms with Crippen LogP contribution in [0.4, 0.5) is 0 Å². The van der Waals surface area contributed by atoms with Crippen molar-refractivity contribution in [3.63, 3.8) is 0 Å². The Morgan fingerprint density at radius 1 is 1.39 bits per heavy atom. The molecule has 0 unspecified atom stereocenters. The van der Waals surface area contributed by atoms with Crippen molar-refractivity contribution in [2.45, 2.75) is 31.9 Å². The van der Waals surface area contributed by atoms with Gasteiger partial charge in [0.25, 0.3) is 0 Å². The first-order valence-corrected chi connectivity index (χ1v) is 5.72. The zero-order valence-electron chi connectivity index (χ0n) is 9.90. The van der Waals surface area contributed by atoms with Crippen molar-refractivity contribution in [1.29, 1.82) is 15.8 Å². The predicted octanol–water partition coefficient (Wildman–Crippen LogP) is 0.168. The first kappa shape index (κ1) is 12.4. The molecule has 2 rings (SSSR count). The minimum atomic E-state index is -1.77. The van der Waals surface area contributed by atoms with E-state index in [1.54, 1.807) is 6.92 Å². The average Bonchev–Trinajstić information content (AvgIpc) is 2.59. The molecule has 0 aromatic heterocycles. The fourth-order valence-corrected chi connectivity index (χ4v) is 3.26. The minimum Gasteiger partial charge on any atom is -0.371 e. The molecule has 6 nitrogen and oxygen atoms in total. The summed E-state index contributed by atoms with van der Waals surface area (Å²) in [7, 11) is 0. The van der Waals surface area contributed by atoms with E-state index < -0.39 is 28.4 Å². The van der Waals surface area contributed by atoms with Crippen LogP contribution in [0.5, 0.6) is 0 Å². The summed E-state index contributed by atoms with van der Waals surface area (Å²) in [5.74, 6) is -1.23. The van der Waals surface area contributed by atoms with Crippen LogP contribution in [0.25, 0.3) is 0 Å². The molecule has 1 saturated carbocycles. The number of carbonyl (C=O) groups excluding carboxylic acids is 1. The van der Waals surface area contributed by atoms with Gasteiger partial charge in [-0.1, -0.05) is 13.3 Å². The third-order valence-corrected chi connectivity index (χ3v) is 4.20. The Labute approximate surface area is 104 Å². The van der Waals surface area contributed by atoms with E-state index in [2.05, 4.69) is 5.32 Å². The fourth-order valence-electron chi connectivity index (χ4n) is 3.26. The second-order valence-corrected chi connectivity index (χ2v) is 5.02. The van der Waals surface area contributed by atoms with Crippen LogP contribution in [0, 0.1) is 50.7 Å². The number of hydrogen-bond donors (Lipinski definition) is 2. The topological polar surface area (TPSA) is 121 Å². The van der Waals surface area contributed by atoms with E-state index in [-0.39, 0.29) is 12.8 Å². The molecule has 3 atom stereocenters. The van der Waals surface area contributed by atoms with Crippen molar-refractivity contribution in [2.75, 3.05) is 0 Å². The number of nitrogens with zero attached hydrogens (tertiary/aromatic N) is 3. The van der Waals surface area contributed by atoms with Gasteiger partial charge in [0.15, 0.2) is 10.8 Å². The number of amides is 1. The van der Waals surface area contributed by atoms with Gasteiger partial charge in [0.2, 0.25) is 5.91 Å². The van der Waals surface area contributed by atoms with Crippen molar-refractivity contribution in [3.05, 3.63) is 0 Å². The molecule has 2 N–H and O–H groups in total. The highest BCUT2D eigenvalue weighted by atomic mass is 16.3. The lowest BCUT2D eigenvalue weighted by Crippen LogP contribution is -2.53. The fraction of sp³-hybridized carbons (Fsp3) is 0.667. The van der Waals surface area contributed by atoms with Gasteiger partial charge in [-0.05, 0) is 5.92 Å². The molecule has 0 radical (unpaired) electrons. The maximum atomic E-state index is 12.0. The van der Waals surface area contributed by atoms with Gasteiger partial charge in [-0.15, -0.1) is 0 Å². The van der Waals surface area contributed by atoms with Gasteiger partial charge in [0.1, 0.15) is 5.72 Å². The van der Waals surface area contributed by atoms with Crippen molar-refractivity contribution in [1.82, 2.24) is 5.32 Å². The van der Waals surface area contributed by atoms with E-state index in [0.717, 1.165) is 0 Å². The quantitative estimate of drug-likeness (QED) is 0.681. The van der Waals surface area contributed by atoms with Crippen LogP contribution in [-0.2, 0) is 4.79 Å². The number of hydrogen-bond acceptors (Lipinski definition) is 5. The van der Waals surface area contributed by atoms with Crippen LogP contribution in [0.3, 0.4) is 0 Å². The van der Waals surface area contributed by atoms with Crippen LogP contribution >= 0.6 is 0 Å². The lowest BCUT2D eigenvalue weighted by atomic mass is 9.52. The highest BCUT2D eigenvalue weighted by Crippen LogP contribution is 2.59. The summed E-state index contributed by atoms with van der Waals surface area (Å²) in [6, 6.07) is 5.58. The molecule has 1 aliphatic carbocycles. The maximum Gasteiger partial charge on any atom is 0.245 e. The molecule has 0 spiro atoms. The predicted molar refractivity (Wildman–Crippen MR) is 57.8 cm³/mol. The first-order valence-electron chi connectivity index (χ1n) is 5.72. The van der Waals surface area contributed by atoms with Crippen LogP contribution in [0.1, 0.15) is 26.2 Å². The number of fused-ring (bicyclic) bond motifs is 2. The largest absolute Gasteiger partial charge is 0.371 e. The normalized spacial score (nSPS) is 40.2. The van der Waals surface area contributed by atoms with Gasteiger partial charge in [-0.25, -0.2) is 0 Å². The van der Waals surface area contributed by atoms with Crippen LogP contribution < -0.4 is 5.32 Å². The van der Waals surface area contributed by atoms with E-state index in [4.69, 9.17) is 0 Å². The van der Waals surface area contributed by atoms with Crippen LogP contribution in [-0.4, -0.2) is 16.7 Å². The summed E-state index contributed by atoms with van der Waals surface area (Å²) in [6.07, 6.45) is 0.370. The molecular formula is C12H12N4O2. The molecule has 1 amide bonds. The zero-order valence-corrected chi connectivity index (χ0v) is 9.90. The van der Waals surface area contributed by atoms with Gasteiger partial charge in [-0.2, -0.15) is 15.8 Å². The first-order chi connectivity index (χ1) is 8.43. The summed E-state index contributed by atoms with van der Waals surface area (Å²) in [4.78, 5) is 12.0. The number of rotatable bonds is 1. The van der Waals surface area contributed by atoms with Gasteiger partial charge in [0.05, 0.1) is 18.2 Å². The molecule has 1 heterocycles. The van der Waals surface area contributed by atoms with Crippen molar-refractivity contribution in [3.8, 4) is 18.2 Å². The van der Waals surface area contributed by atoms with Crippen LogP contribution in [0.2, 0.25) is 0 Å². The third-order valence-electron chi connectivity index (χ3n) is 4.20. The number of carbonyl (C=O) groups is 1. The molecule has 92 valence electrons. The highest BCUT2D eigenvalue weighted by Gasteiger charge is 2.73. The number of nitrogens with one attached hydrogen (secondary N) is 1. The van der Waals surface area contributed by atoms with Crippen LogP contribution in [0.15, 0.2) is 0 Å². The van der Waals surface area contributed by atoms with Gasteiger partial charge in [0, 0.05) is 12.8 Å². The van der Waals surface area contributed by atoms with Crippen molar-refractivity contribution in [2.24, 2.45) is 16.7 Å². The van der Waals surface area contributed by atoms with E-state index in [9.17, 15) is 25.7 Å². The molecular weight excluding hydrogens is 232 g/mol. The van der Waals surface area contributed by atoms with Gasteiger partial charge >= 0.3 is 0 Å². The Balaban J connectivity index is 2.71. The number of nitriles is 3. The summed E-state index contributed by atoms with van der Waals surface area (Å²) in [5, 5.41) is 40.7. The van der Waals surface area contributed by atoms with Crippen molar-refractivity contribution >= 4 is 5.91 Å². The van der Waals surface area contributed by atoms with Crippen molar-refractivity contribution < 1.29 is 9.90 Å². The maximum absolute atomic E-state index is 12.0. The Morgan fingerprint density at radius 2 is 2.00 bits per heavy atom. The molecule has 6 heteroatoms. The minimum absolute atomic E-state index is 0.125. The second-order valence-electron chi connectivity index (χ2n) is 5.02. The van der Waals surface area contributed by atoms with E-state index >= 15 is 0 Å². The molecule has 18 heavy (non-hydrogen) atoms. The number of aliphatic hydroxyl groups is 1. The standard InChI is InChI=1S/C12H12N4O2/c1-2-8-3-12(18)4-10(5-13,9(17)16-12)11(8,6-14)7-15/h8,18H,2-4H2,1H3,(H,16,17)/t8-,10+,12+/m1/s1. The smallest absolute Gasteiger partial charge is 0.245 e. The van der Waals surface area contributed by atoms with Gasteiger partial charge in [-0.3, -0.25) is 4.79 Å². The molecule has 0 aromatic carbocycles. The monoisotopic (exact) mass is 244 g/mol. The summed E-state index contributed by atoms with van der Waals surface area (Å²) < 4.78 is 0. The summed E-state index contributed by atoms with van der Waals surface area (Å²) in [6.45, 7) is 1.78. The third kappa shape index (κ3) is 1.10. The lowest BCUT2D eigenvalue weighted by Gasteiger charge is -2.43. The molecule has 0 aromatic rings. The van der Waals surface area contributed by atoms with E-state index in [1.807, 2.05) is 18.2 Å². The molecule has 2 bridgehead atoms. The highest BCUT2D eigenvalue weighted by molar-refractivity contribution is 5.91. The lowest BCUT2D eigenvalue weighted by molar-refractivity contribution is -0.128. The summed E-state index contributed by atoms with van der Waals surface area (Å²) in [5.41, 5.74) is -4.93. The SMILES string of the molecule is CC[C@@H]1C[C@]2(O)C[C@](C#N)(C(=O)N2)C1(C#N)C#N.